The van der Waals surface area contributed by atoms with Gasteiger partial charge >= 0.3 is 0 Å². The van der Waals surface area contributed by atoms with Gasteiger partial charge in [0.25, 0.3) is 0 Å². The molecule has 1 aliphatic rings. The molecule has 21 heavy (non-hydrogen) atoms. The number of rotatable bonds is 4. The summed E-state index contributed by atoms with van der Waals surface area (Å²) in [5, 5.41) is 3.68. The molecule has 0 saturated carbocycles. The molecular formula is C17H20BrNOS. The van der Waals surface area contributed by atoms with Crippen LogP contribution in [0.4, 0.5) is 0 Å². The summed E-state index contributed by atoms with van der Waals surface area (Å²) in [5.74, 6) is 1.52. The molecule has 0 radical (unpaired) electrons. The minimum atomic E-state index is 0.357. The first-order valence-corrected chi connectivity index (χ1v) is 9.02. The van der Waals surface area contributed by atoms with Crippen LogP contribution < -0.4 is 10.1 Å². The molecule has 2 heterocycles. The van der Waals surface area contributed by atoms with E-state index < -0.39 is 0 Å². The van der Waals surface area contributed by atoms with Crippen LogP contribution in [0.15, 0.2) is 34.1 Å². The van der Waals surface area contributed by atoms with Crippen LogP contribution in [0, 0.1) is 6.92 Å². The van der Waals surface area contributed by atoms with Gasteiger partial charge in [-0.3, -0.25) is 0 Å². The Balaban J connectivity index is 1.98. The highest BCUT2D eigenvalue weighted by Gasteiger charge is 2.30. The fourth-order valence-electron chi connectivity index (χ4n) is 3.01. The Bertz CT molecular complexity index is 606. The molecule has 1 N–H and O–H groups in total. The van der Waals surface area contributed by atoms with Gasteiger partial charge in [-0.1, -0.05) is 25.1 Å². The first-order valence-electron chi connectivity index (χ1n) is 7.41. The molecule has 4 heteroatoms. The number of halogens is 1. The summed E-state index contributed by atoms with van der Waals surface area (Å²) in [6.07, 6.45) is 1.06. The highest BCUT2D eigenvalue weighted by molar-refractivity contribution is 9.11. The van der Waals surface area contributed by atoms with Crippen molar-refractivity contribution in [3.63, 3.8) is 0 Å². The van der Waals surface area contributed by atoms with Crippen molar-refractivity contribution in [2.24, 2.45) is 0 Å². The van der Waals surface area contributed by atoms with E-state index in [1.54, 1.807) is 0 Å². The molecule has 0 fully saturated rings. The molecular weight excluding hydrogens is 346 g/mol. The van der Waals surface area contributed by atoms with Crippen LogP contribution in [0.2, 0.25) is 0 Å². The molecule has 2 atom stereocenters. The largest absolute Gasteiger partial charge is 0.493 e. The number of nitrogens with one attached hydrogen (secondary N) is 1. The van der Waals surface area contributed by atoms with Gasteiger partial charge in [0, 0.05) is 16.8 Å². The van der Waals surface area contributed by atoms with E-state index in [-0.39, 0.29) is 0 Å². The number of benzene rings is 1. The van der Waals surface area contributed by atoms with Crippen LogP contribution >= 0.6 is 27.3 Å². The molecule has 2 nitrogen and oxygen atoms in total. The Labute approximate surface area is 138 Å². The van der Waals surface area contributed by atoms with Crippen molar-refractivity contribution in [1.29, 1.82) is 0 Å². The van der Waals surface area contributed by atoms with Gasteiger partial charge in [-0.05, 0) is 59.1 Å². The summed E-state index contributed by atoms with van der Waals surface area (Å²) >= 11 is 5.50. The number of para-hydroxylation sites is 1. The number of thiophene rings is 1. The molecule has 0 amide bonds. The van der Waals surface area contributed by atoms with Gasteiger partial charge in [0.2, 0.25) is 0 Å². The SMILES string of the molecule is CCNC(c1cc(C)c(Br)s1)C1CCOc2ccccc21. The summed E-state index contributed by atoms with van der Waals surface area (Å²) < 4.78 is 7.05. The van der Waals surface area contributed by atoms with E-state index in [0.29, 0.717) is 12.0 Å². The topological polar surface area (TPSA) is 21.3 Å². The van der Waals surface area contributed by atoms with Gasteiger partial charge in [-0.2, -0.15) is 0 Å². The molecule has 0 spiro atoms. The number of hydrogen-bond acceptors (Lipinski definition) is 3. The second kappa shape index (κ2) is 6.51. The second-order valence-corrected chi connectivity index (χ2v) is 7.82. The monoisotopic (exact) mass is 365 g/mol. The van der Waals surface area contributed by atoms with Gasteiger partial charge in [0.05, 0.1) is 10.4 Å². The van der Waals surface area contributed by atoms with E-state index >= 15 is 0 Å². The van der Waals surface area contributed by atoms with Crippen LogP contribution in [0.1, 0.15) is 41.3 Å². The van der Waals surface area contributed by atoms with Crippen LogP contribution in [0.25, 0.3) is 0 Å². The third-order valence-electron chi connectivity index (χ3n) is 4.01. The maximum atomic E-state index is 5.81. The van der Waals surface area contributed by atoms with Crippen molar-refractivity contribution in [3.8, 4) is 5.75 Å². The fraction of sp³-hybridized carbons (Fsp3) is 0.412. The Hall–Kier alpha value is -0.840. The lowest BCUT2D eigenvalue weighted by Gasteiger charge is -2.32. The van der Waals surface area contributed by atoms with Gasteiger partial charge in [0.1, 0.15) is 5.75 Å². The van der Waals surface area contributed by atoms with Crippen molar-refractivity contribution in [3.05, 3.63) is 50.1 Å². The minimum Gasteiger partial charge on any atom is -0.493 e. The predicted molar refractivity (Wildman–Crippen MR) is 92.5 cm³/mol. The van der Waals surface area contributed by atoms with Gasteiger partial charge in [-0.25, -0.2) is 0 Å². The van der Waals surface area contributed by atoms with Crippen molar-refractivity contribution in [2.45, 2.75) is 32.2 Å². The maximum Gasteiger partial charge on any atom is 0.122 e. The van der Waals surface area contributed by atoms with Crippen molar-refractivity contribution < 1.29 is 4.74 Å². The Morgan fingerprint density at radius 3 is 2.95 bits per heavy atom. The lowest BCUT2D eigenvalue weighted by molar-refractivity contribution is 0.247. The van der Waals surface area contributed by atoms with E-state index in [4.69, 9.17) is 4.74 Å². The Morgan fingerprint density at radius 1 is 1.43 bits per heavy atom. The zero-order valence-electron chi connectivity index (χ0n) is 12.4. The summed E-state index contributed by atoms with van der Waals surface area (Å²) in [4.78, 5) is 1.41. The van der Waals surface area contributed by atoms with Gasteiger partial charge in [0.15, 0.2) is 0 Å². The smallest absolute Gasteiger partial charge is 0.122 e. The summed E-state index contributed by atoms with van der Waals surface area (Å²) in [7, 11) is 0. The lowest BCUT2D eigenvalue weighted by atomic mass is 9.85. The lowest BCUT2D eigenvalue weighted by Crippen LogP contribution is -2.29. The van der Waals surface area contributed by atoms with E-state index in [1.807, 2.05) is 11.3 Å². The van der Waals surface area contributed by atoms with Crippen molar-refractivity contribution >= 4 is 27.3 Å². The standard InChI is InChI=1S/C17H20BrNOS/c1-3-19-16(15-10-11(2)17(18)21-15)13-8-9-20-14-7-5-4-6-12(13)14/h4-7,10,13,16,19H,3,8-9H2,1-2H3. The summed E-state index contributed by atoms with van der Waals surface area (Å²) in [5.41, 5.74) is 2.65. The molecule has 1 aromatic carbocycles. The average molecular weight is 366 g/mol. The first kappa shape index (κ1) is 15.1. The normalized spacial score (nSPS) is 18.9. The molecule has 0 bridgehead atoms. The molecule has 0 aliphatic carbocycles. The third-order valence-corrected chi connectivity index (χ3v) is 6.23. The van der Waals surface area contributed by atoms with Crippen LogP contribution in [-0.4, -0.2) is 13.2 Å². The molecule has 3 rings (SSSR count). The number of ether oxygens (including phenoxy) is 1. The summed E-state index contributed by atoms with van der Waals surface area (Å²) in [6, 6.07) is 11.1. The zero-order chi connectivity index (χ0) is 14.8. The molecule has 112 valence electrons. The number of aryl methyl sites for hydroxylation is 1. The van der Waals surface area contributed by atoms with Gasteiger partial charge in [-0.15, -0.1) is 11.3 Å². The van der Waals surface area contributed by atoms with E-state index in [9.17, 15) is 0 Å². The molecule has 2 unspecified atom stereocenters. The summed E-state index contributed by atoms with van der Waals surface area (Å²) in [6.45, 7) is 6.10. The van der Waals surface area contributed by atoms with E-state index in [0.717, 1.165) is 25.3 Å². The first-order chi connectivity index (χ1) is 10.2. The van der Waals surface area contributed by atoms with E-state index in [2.05, 4.69) is 65.4 Å². The highest BCUT2D eigenvalue weighted by atomic mass is 79.9. The van der Waals surface area contributed by atoms with Crippen molar-refractivity contribution in [2.75, 3.05) is 13.2 Å². The second-order valence-electron chi connectivity index (χ2n) is 5.42. The average Bonchev–Trinajstić information content (AvgIpc) is 2.84. The quantitative estimate of drug-likeness (QED) is 0.819. The Morgan fingerprint density at radius 2 is 2.24 bits per heavy atom. The highest BCUT2D eigenvalue weighted by Crippen LogP contribution is 2.44. The number of hydrogen-bond donors (Lipinski definition) is 1. The van der Waals surface area contributed by atoms with Crippen molar-refractivity contribution in [1.82, 2.24) is 5.32 Å². The number of likely N-dealkylation sites (N-methyl/N-ethyl adjacent to an activating group) is 1. The van der Waals surface area contributed by atoms with Crippen LogP contribution in [0.5, 0.6) is 5.75 Å². The minimum absolute atomic E-state index is 0.357. The molecule has 0 saturated heterocycles. The molecule has 1 aromatic heterocycles. The maximum absolute atomic E-state index is 5.81. The fourth-order valence-corrected chi connectivity index (χ4v) is 4.73. The molecule has 1 aliphatic heterocycles. The molecule has 2 aromatic rings. The predicted octanol–water partition coefficient (Wildman–Crippen LogP) is 5.04. The van der Waals surface area contributed by atoms with Crippen LogP contribution in [-0.2, 0) is 0 Å². The van der Waals surface area contributed by atoms with E-state index in [1.165, 1.54) is 19.8 Å². The van der Waals surface area contributed by atoms with Gasteiger partial charge < -0.3 is 10.1 Å². The van der Waals surface area contributed by atoms with Crippen LogP contribution in [0.3, 0.4) is 0 Å². The Kier molecular flexibility index (Phi) is 4.67. The zero-order valence-corrected chi connectivity index (χ0v) is 14.8. The third kappa shape index (κ3) is 3.03. The number of fused-ring (bicyclic) bond motifs is 1.